The largest absolute Gasteiger partial charge is 0.495 e. The van der Waals surface area contributed by atoms with Crippen LogP contribution in [0.15, 0.2) is 42.6 Å². The summed E-state index contributed by atoms with van der Waals surface area (Å²) >= 11 is 0. The Balaban J connectivity index is 1.33. The summed E-state index contributed by atoms with van der Waals surface area (Å²) in [6.45, 7) is 1.04. The number of alkyl halides is 3. The van der Waals surface area contributed by atoms with Gasteiger partial charge < -0.3 is 9.64 Å². The number of methoxy groups -OCH3 is 1. The third-order valence-corrected chi connectivity index (χ3v) is 6.55. The van der Waals surface area contributed by atoms with Gasteiger partial charge in [-0.25, -0.2) is 0 Å². The van der Waals surface area contributed by atoms with E-state index in [9.17, 15) is 18.0 Å². The van der Waals surface area contributed by atoms with Gasteiger partial charge in [-0.05, 0) is 54.4 Å². The molecule has 2 fully saturated rings. The van der Waals surface area contributed by atoms with Gasteiger partial charge in [-0.15, -0.1) is 10.2 Å². The van der Waals surface area contributed by atoms with Crippen LogP contribution < -0.4 is 4.74 Å². The van der Waals surface area contributed by atoms with Crippen molar-refractivity contribution >= 4 is 11.6 Å². The van der Waals surface area contributed by atoms with E-state index < -0.39 is 11.7 Å². The molecule has 0 spiro atoms. The molecule has 1 amide bonds. The van der Waals surface area contributed by atoms with Crippen molar-refractivity contribution in [3.05, 3.63) is 59.5 Å². The Bertz CT molecular complexity index is 1130. The van der Waals surface area contributed by atoms with Crippen molar-refractivity contribution < 1.29 is 22.7 Å². The minimum atomic E-state index is -4.36. The van der Waals surface area contributed by atoms with Gasteiger partial charge in [0.2, 0.25) is 5.82 Å². The van der Waals surface area contributed by atoms with Crippen LogP contribution in [-0.2, 0) is 6.18 Å². The zero-order valence-corrected chi connectivity index (χ0v) is 16.8. The van der Waals surface area contributed by atoms with Gasteiger partial charge in [-0.3, -0.25) is 9.20 Å². The Hall–Kier alpha value is -3.10. The second-order valence-electron chi connectivity index (χ2n) is 8.30. The number of ether oxygens (including phenoxy) is 1. The predicted octanol–water partition coefficient (Wildman–Crippen LogP) is 4.02. The minimum Gasteiger partial charge on any atom is -0.495 e. The fraction of sp³-hybridized carbons (Fsp3) is 0.409. The lowest BCUT2D eigenvalue weighted by atomic mass is 9.91. The molecule has 5 rings (SSSR count). The maximum absolute atomic E-state index is 13.4. The van der Waals surface area contributed by atoms with E-state index in [-0.39, 0.29) is 29.5 Å². The number of nitrogens with zero attached hydrogens (tertiary/aromatic N) is 4. The summed E-state index contributed by atoms with van der Waals surface area (Å²) < 4.78 is 47.1. The van der Waals surface area contributed by atoms with Gasteiger partial charge in [0.15, 0.2) is 5.65 Å². The number of halogens is 3. The first-order chi connectivity index (χ1) is 14.8. The molecule has 0 bridgehead atoms. The van der Waals surface area contributed by atoms with Gasteiger partial charge in [0.25, 0.3) is 5.91 Å². The monoisotopic (exact) mass is 430 g/mol. The highest BCUT2D eigenvalue weighted by Gasteiger charge is 2.45. The van der Waals surface area contributed by atoms with E-state index in [1.165, 1.54) is 6.07 Å². The normalized spacial score (nSPS) is 23.4. The average Bonchev–Trinajstić information content (AvgIpc) is 3.45. The van der Waals surface area contributed by atoms with Gasteiger partial charge in [0.1, 0.15) is 5.75 Å². The average molecular weight is 430 g/mol. The molecule has 2 aromatic heterocycles. The highest BCUT2D eigenvalue weighted by molar-refractivity contribution is 5.91. The highest BCUT2D eigenvalue weighted by atomic mass is 19.4. The highest BCUT2D eigenvalue weighted by Crippen LogP contribution is 2.49. The van der Waals surface area contributed by atoms with E-state index in [1.54, 1.807) is 46.9 Å². The van der Waals surface area contributed by atoms with Gasteiger partial charge >= 0.3 is 6.18 Å². The molecule has 31 heavy (non-hydrogen) atoms. The zero-order chi connectivity index (χ0) is 21.8. The number of pyridine rings is 1. The molecule has 3 heterocycles. The molecule has 162 valence electrons. The number of benzene rings is 1. The van der Waals surface area contributed by atoms with E-state index in [2.05, 4.69) is 10.2 Å². The molecule has 1 aromatic carbocycles. The van der Waals surface area contributed by atoms with Crippen LogP contribution in [0.5, 0.6) is 5.75 Å². The maximum atomic E-state index is 13.4. The molecular formula is C22H21F3N4O2. The maximum Gasteiger partial charge on any atom is 0.416 e. The molecule has 1 aliphatic heterocycles. The van der Waals surface area contributed by atoms with E-state index in [0.717, 1.165) is 6.07 Å². The van der Waals surface area contributed by atoms with Crippen LogP contribution in [-0.4, -0.2) is 45.6 Å². The first kappa shape index (κ1) is 19.8. The van der Waals surface area contributed by atoms with Gasteiger partial charge in [0.05, 0.1) is 18.9 Å². The molecule has 9 heteroatoms. The number of rotatable bonds is 3. The standard InChI is InChI=1S/C22H21F3N4O2/c1-31-16-6-7-19-26-27-20(29(19)12-16)21(30)28-10-14-8-13(9-15(14)11-28)17-4-2-3-5-18(17)22(23,24)25/h2-7,12-15H,8-11H2,1H3/t13?,14-,15+. The Morgan fingerprint density at radius 2 is 1.77 bits per heavy atom. The van der Waals surface area contributed by atoms with Crippen LogP contribution in [0.4, 0.5) is 13.2 Å². The first-order valence-corrected chi connectivity index (χ1v) is 10.2. The minimum absolute atomic E-state index is 0.136. The molecule has 2 aliphatic rings. The van der Waals surface area contributed by atoms with E-state index in [4.69, 9.17) is 4.74 Å². The predicted molar refractivity (Wildman–Crippen MR) is 106 cm³/mol. The number of carbonyl (C=O) groups excluding carboxylic acids is 1. The van der Waals surface area contributed by atoms with E-state index >= 15 is 0 Å². The molecule has 1 unspecified atom stereocenters. The number of carbonyl (C=O) groups is 1. The quantitative estimate of drug-likeness (QED) is 0.630. The molecule has 3 atom stereocenters. The topological polar surface area (TPSA) is 59.7 Å². The van der Waals surface area contributed by atoms with Crippen LogP contribution in [0.2, 0.25) is 0 Å². The first-order valence-electron chi connectivity index (χ1n) is 10.2. The Labute approximate surface area is 176 Å². The lowest BCUT2D eigenvalue weighted by Crippen LogP contribution is -2.31. The van der Waals surface area contributed by atoms with Crippen molar-refractivity contribution in [2.24, 2.45) is 11.8 Å². The molecule has 6 nitrogen and oxygen atoms in total. The molecule has 0 N–H and O–H groups in total. The number of hydrogen-bond donors (Lipinski definition) is 0. The molecule has 1 saturated heterocycles. The number of hydrogen-bond acceptors (Lipinski definition) is 4. The van der Waals surface area contributed by atoms with Crippen LogP contribution >= 0.6 is 0 Å². The van der Waals surface area contributed by atoms with Crippen molar-refractivity contribution in [1.29, 1.82) is 0 Å². The van der Waals surface area contributed by atoms with E-state index in [0.29, 0.717) is 42.9 Å². The van der Waals surface area contributed by atoms with Crippen molar-refractivity contribution in [3.63, 3.8) is 0 Å². The lowest BCUT2D eigenvalue weighted by molar-refractivity contribution is -0.138. The molecule has 1 saturated carbocycles. The van der Waals surface area contributed by atoms with Crippen LogP contribution in [0.1, 0.15) is 40.5 Å². The number of aromatic nitrogens is 3. The number of amides is 1. The zero-order valence-electron chi connectivity index (χ0n) is 16.8. The number of fused-ring (bicyclic) bond motifs is 2. The van der Waals surface area contributed by atoms with E-state index in [1.807, 2.05) is 0 Å². The summed E-state index contributed by atoms with van der Waals surface area (Å²) in [6, 6.07) is 9.32. The van der Waals surface area contributed by atoms with Crippen molar-refractivity contribution in [1.82, 2.24) is 19.5 Å². The van der Waals surface area contributed by atoms with Crippen LogP contribution in [0.3, 0.4) is 0 Å². The molecule has 0 radical (unpaired) electrons. The Morgan fingerprint density at radius 3 is 2.45 bits per heavy atom. The summed E-state index contributed by atoms with van der Waals surface area (Å²) in [5, 5.41) is 8.10. The number of likely N-dealkylation sites (tertiary alicyclic amines) is 1. The van der Waals surface area contributed by atoms with Crippen molar-refractivity contribution in [3.8, 4) is 5.75 Å². The Morgan fingerprint density at radius 1 is 1.06 bits per heavy atom. The third-order valence-electron chi connectivity index (χ3n) is 6.55. The molecule has 1 aliphatic carbocycles. The lowest BCUT2D eigenvalue weighted by Gasteiger charge is -2.21. The second kappa shape index (κ2) is 7.25. The van der Waals surface area contributed by atoms with Gasteiger partial charge in [-0.1, -0.05) is 18.2 Å². The van der Waals surface area contributed by atoms with Crippen LogP contribution in [0, 0.1) is 11.8 Å². The second-order valence-corrected chi connectivity index (χ2v) is 8.30. The summed E-state index contributed by atoms with van der Waals surface area (Å²) in [5.74, 6) is 0.817. The summed E-state index contributed by atoms with van der Waals surface area (Å²) in [7, 11) is 1.54. The molecule has 3 aromatic rings. The van der Waals surface area contributed by atoms with Crippen molar-refractivity contribution in [2.45, 2.75) is 24.9 Å². The van der Waals surface area contributed by atoms with Crippen LogP contribution in [0.25, 0.3) is 5.65 Å². The SMILES string of the molecule is COc1ccc2nnc(C(=O)N3C[C@H]4CC(c5ccccc5C(F)(F)F)C[C@H]4C3)n2c1. The molecular weight excluding hydrogens is 409 g/mol. The van der Waals surface area contributed by atoms with Gasteiger partial charge in [-0.2, -0.15) is 13.2 Å². The smallest absolute Gasteiger partial charge is 0.416 e. The summed E-state index contributed by atoms with van der Waals surface area (Å²) in [5.41, 5.74) is 0.377. The van der Waals surface area contributed by atoms with Crippen molar-refractivity contribution in [2.75, 3.05) is 20.2 Å². The third kappa shape index (κ3) is 3.41. The Kier molecular flexibility index (Phi) is 4.64. The summed E-state index contributed by atoms with van der Waals surface area (Å²) in [4.78, 5) is 14.9. The fourth-order valence-corrected chi connectivity index (χ4v) is 5.11. The summed E-state index contributed by atoms with van der Waals surface area (Å²) in [6.07, 6.45) is -1.39. The van der Waals surface area contributed by atoms with Gasteiger partial charge in [0, 0.05) is 13.1 Å². The fourth-order valence-electron chi connectivity index (χ4n) is 5.11.